The van der Waals surface area contributed by atoms with Crippen molar-refractivity contribution >= 4 is 23.2 Å². The van der Waals surface area contributed by atoms with Gasteiger partial charge in [0.25, 0.3) is 0 Å². The first kappa shape index (κ1) is 20.6. The summed E-state index contributed by atoms with van der Waals surface area (Å²) >= 11 is 5.90. The lowest BCUT2D eigenvalue weighted by Crippen LogP contribution is -2.34. The molecule has 2 aliphatic rings. The maximum atomic E-state index is 12.6. The fraction of sp³-hybridized carbons (Fsp3) is 0.435. The standard InChI is InChI=1S/C23H24ClN3O3/c1-23(2)11-17-18(12-25)22(29-14-20(28)15-5-7-16(24)8-6-15)26-21(19(17)13-30-23)27-9-3-4-10-27/h5-8H,3-4,9-11,13-14H2,1-2H3. The van der Waals surface area contributed by atoms with Gasteiger partial charge in [0, 0.05) is 35.7 Å². The quantitative estimate of drug-likeness (QED) is 0.664. The summed E-state index contributed by atoms with van der Waals surface area (Å²) in [6.07, 6.45) is 2.80. The van der Waals surface area contributed by atoms with Crippen molar-refractivity contribution < 1.29 is 14.3 Å². The molecule has 1 aromatic carbocycles. The van der Waals surface area contributed by atoms with Crippen LogP contribution < -0.4 is 9.64 Å². The third-order valence-corrected chi connectivity index (χ3v) is 5.84. The Bertz CT molecular complexity index is 1010. The Morgan fingerprint density at radius 2 is 1.97 bits per heavy atom. The van der Waals surface area contributed by atoms with Crippen molar-refractivity contribution in [2.75, 3.05) is 24.6 Å². The molecule has 4 rings (SSSR count). The Balaban J connectivity index is 1.68. The van der Waals surface area contributed by atoms with Gasteiger partial charge in [0.15, 0.2) is 12.4 Å². The average Bonchev–Trinajstić information content (AvgIpc) is 3.25. The lowest BCUT2D eigenvalue weighted by molar-refractivity contribution is -0.0401. The molecule has 0 radical (unpaired) electrons. The Morgan fingerprint density at radius 3 is 2.63 bits per heavy atom. The normalized spacial score (nSPS) is 17.3. The molecular weight excluding hydrogens is 402 g/mol. The van der Waals surface area contributed by atoms with E-state index in [9.17, 15) is 10.1 Å². The second-order valence-electron chi connectivity index (χ2n) is 8.32. The molecule has 0 spiro atoms. The Kier molecular flexibility index (Phi) is 5.68. The van der Waals surface area contributed by atoms with Crippen molar-refractivity contribution in [2.24, 2.45) is 0 Å². The molecule has 0 atom stereocenters. The number of benzene rings is 1. The molecule has 6 nitrogen and oxygen atoms in total. The van der Waals surface area contributed by atoms with E-state index in [1.54, 1.807) is 24.3 Å². The number of halogens is 1. The zero-order valence-electron chi connectivity index (χ0n) is 17.2. The molecule has 0 N–H and O–H groups in total. The fourth-order valence-electron chi connectivity index (χ4n) is 3.99. The highest BCUT2D eigenvalue weighted by molar-refractivity contribution is 6.30. The van der Waals surface area contributed by atoms with Gasteiger partial charge in [-0.15, -0.1) is 0 Å². The highest BCUT2D eigenvalue weighted by atomic mass is 35.5. The molecule has 156 valence electrons. The molecule has 2 aromatic rings. The van der Waals surface area contributed by atoms with Gasteiger partial charge in [-0.3, -0.25) is 4.79 Å². The third-order valence-electron chi connectivity index (χ3n) is 5.59. The van der Waals surface area contributed by atoms with E-state index < -0.39 is 0 Å². The van der Waals surface area contributed by atoms with Gasteiger partial charge < -0.3 is 14.4 Å². The number of carbonyl (C=O) groups is 1. The zero-order chi connectivity index (χ0) is 21.3. The van der Waals surface area contributed by atoms with E-state index in [2.05, 4.69) is 11.0 Å². The second-order valence-corrected chi connectivity index (χ2v) is 8.76. The van der Waals surface area contributed by atoms with Crippen LogP contribution in [0.1, 0.15) is 53.7 Å². The number of hydrogen-bond acceptors (Lipinski definition) is 6. The number of pyridine rings is 1. The van der Waals surface area contributed by atoms with Crippen molar-refractivity contribution in [1.82, 2.24) is 4.98 Å². The van der Waals surface area contributed by atoms with E-state index in [0.717, 1.165) is 42.9 Å². The summed E-state index contributed by atoms with van der Waals surface area (Å²) in [5.74, 6) is 0.838. The topological polar surface area (TPSA) is 75.5 Å². The summed E-state index contributed by atoms with van der Waals surface area (Å²) in [4.78, 5) is 19.5. The Labute approximate surface area is 181 Å². The molecule has 0 unspecified atom stereocenters. The summed E-state index contributed by atoms with van der Waals surface area (Å²) in [7, 11) is 0. The summed E-state index contributed by atoms with van der Waals surface area (Å²) in [6, 6.07) is 8.92. The predicted molar refractivity (Wildman–Crippen MR) is 114 cm³/mol. The third kappa shape index (κ3) is 4.14. The maximum Gasteiger partial charge on any atom is 0.234 e. The van der Waals surface area contributed by atoms with Crippen LogP contribution in [0.5, 0.6) is 5.88 Å². The van der Waals surface area contributed by atoms with Crippen LogP contribution in [0.2, 0.25) is 5.02 Å². The van der Waals surface area contributed by atoms with E-state index in [1.165, 1.54) is 0 Å². The van der Waals surface area contributed by atoms with Gasteiger partial charge in [0.2, 0.25) is 5.88 Å². The van der Waals surface area contributed by atoms with Crippen LogP contribution >= 0.6 is 11.6 Å². The van der Waals surface area contributed by atoms with Gasteiger partial charge in [0.1, 0.15) is 17.5 Å². The van der Waals surface area contributed by atoms with Gasteiger partial charge in [-0.1, -0.05) is 11.6 Å². The number of anilines is 1. The van der Waals surface area contributed by atoms with Gasteiger partial charge in [-0.2, -0.15) is 10.2 Å². The average molecular weight is 426 g/mol. The number of nitrogens with zero attached hydrogens (tertiary/aromatic N) is 3. The Hall–Kier alpha value is -2.62. The molecule has 0 saturated carbocycles. The van der Waals surface area contributed by atoms with Gasteiger partial charge in [-0.05, 0) is 56.5 Å². The zero-order valence-corrected chi connectivity index (χ0v) is 18.0. The van der Waals surface area contributed by atoms with Crippen molar-refractivity contribution in [2.45, 2.75) is 45.3 Å². The van der Waals surface area contributed by atoms with Crippen LogP contribution in [0, 0.1) is 11.3 Å². The van der Waals surface area contributed by atoms with Crippen molar-refractivity contribution in [1.29, 1.82) is 5.26 Å². The summed E-state index contributed by atoms with van der Waals surface area (Å²) in [5.41, 5.74) is 2.40. The lowest BCUT2D eigenvalue weighted by atomic mass is 9.89. The Morgan fingerprint density at radius 1 is 1.27 bits per heavy atom. The molecule has 1 fully saturated rings. The van der Waals surface area contributed by atoms with E-state index in [1.807, 2.05) is 13.8 Å². The van der Waals surface area contributed by atoms with Crippen LogP contribution in [0.25, 0.3) is 0 Å². The molecule has 1 aromatic heterocycles. The van der Waals surface area contributed by atoms with Gasteiger partial charge in [-0.25, -0.2) is 0 Å². The van der Waals surface area contributed by atoms with Crippen molar-refractivity contribution in [3.05, 3.63) is 51.5 Å². The second kappa shape index (κ2) is 8.25. The number of aromatic nitrogens is 1. The molecule has 30 heavy (non-hydrogen) atoms. The van der Waals surface area contributed by atoms with Crippen LogP contribution in [0.3, 0.4) is 0 Å². The first-order valence-electron chi connectivity index (χ1n) is 10.1. The minimum absolute atomic E-state index is 0.193. The van der Waals surface area contributed by atoms with E-state index in [-0.39, 0.29) is 23.9 Å². The predicted octanol–water partition coefficient (Wildman–Crippen LogP) is 4.32. The SMILES string of the molecule is CC1(C)Cc2c(C#N)c(OCC(=O)c3ccc(Cl)cc3)nc(N3CCCC3)c2CO1. The van der Waals surface area contributed by atoms with Crippen LogP contribution in [0.4, 0.5) is 5.82 Å². The largest absolute Gasteiger partial charge is 0.468 e. The number of ketones is 1. The number of nitriles is 1. The van der Waals surface area contributed by atoms with E-state index in [4.69, 9.17) is 26.1 Å². The summed E-state index contributed by atoms with van der Waals surface area (Å²) in [6.45, 7) is 6.08. The maximum absolute atomic E-state index is 12.6. The van der Waals surface area contributed by atoms with Crippen LogP contribution in [0.15, 0.2) is 24.3 Å². The number of hydrogen-bond donors (Lipinski definition) is 0. The molecule has 0 amide bonds. The first-order valence-corrected chi connectivity index (χ1v) is 10.5. The van der Waals surface area contributed by atoms with Gasteiger partial charge >= 0.3 is 0 Å². The smallest absolute Gasteiger partial charge is 0.234 e. The molecule has 2 aliphatic heterocycles. The number of Topliss-reactive ketones (excluding diaryl/α,β-unsaturated/α-hetero) is 1. The number of rotatable bonds is 5. The minimum Gasteiger partial charge on any atom is -0.468 e. The monoisotopic (exact) mass is 425 g/mol. The molecule has 3 heterocycles. The highest BCUT2D eigenvalue weighted by Gasteiger charge is 2.34. The molecule has 0 aliphatic carbocycles. The number of fused-ring (bicyclic) bond motifs is 1. The van der Waals surface area contributed by atoms with Crippen molar-refractivity contribution in [3.63, 3.8) is 0 Å². The van der Waals surface area contributed by atoms with E-state index >= 15 is 0 Å². The van der Waals surface area contributed by atoms with Gasteiger partial charge in [0.05, 0.1) is 12.2 Å². The lowest BCUT2D eigenvalue weighted by Gasteiger charge is -2.35. The molecular formula is C23H24ClN3O3. The van der Waals surface area contributed by atoms with Crippen molar-refractivity contribution in [3.8, 4) is 11.9 Å². The fourth-order valence-corrected chi connectivity index (χ4v) is 4.11. The summed E-state index contributed by atoms with van der Waals surface area (Å²) < 4.78 is 11.8. The minimum atomic E-state index is -0.376. The highest BCUT2D eigenvalue weighted by Crippen LogP contribution is 2.39. The number of ether oxygens (including phenoxy) is 2. The molecule has 7 heteroatoms. The van der Waals surface area contributed by atoms with Crippen LogP contribution in [-0.2, 0) is 17.8 Å². The summed E-state index contributed by atoms with van der Waals surface area (Å²) in [5, 5.41) is 10.5. The molecule has 0 bridgehead atoms. The van der Waals surface area contributed by atoms with Crippen LogP contribution in [-0.4, -0.2) is 36.1 Å². The first-order chi connectivity index (χ1) is 14.4. The molecule has 1 saturated heterocycles. The van der Waals surface area contributed by atoms with E-state index in [0.29, 0.717) is 29.2 Å². The number of carbonyl (C=O) groups excluding carboxylic acids is 1.